The number of guanidine groups is 1. The summed E-state index contributed by atoms with van der Waals surface area (Å²) in [7, 11) is 3.48. The van der Waals surface area contributed by atoms with E-state index in [-0.39, 0.29) is 23.7 Å². The van der Waals surface area contributed by atoms with Crippen molar-refractivity contribution in [2.24, 2.45) is 5.73 Å². The number of benzene rings is 1. The molecule has 0 unspecified atom stereocenters. The van der Waals surface area contributed by atoms with Crippen molar-refractivity contribution in [2.45, 2.75) is 45.4 Å². The van der Waals surface area contributed by atoms with Gasteiger partial charge in [-0.1, -0.05) is 29.9 Å². The number of nitrogens with one attached hydrogen (secondary N) is 4. The fourth-order valence-corrected chi connectivity index (χ4v) is 4.13. The zero-order valence-electron chi connectivity index (χ0n) is 19.9. The van der Waals surface area contributed by atoms with Gasteiger partial charge in [0.05, 0.1) is 5.69 Å². The van der Waals surface area contributed by atoms with Crippen LogP contribution in [0.2, 0.25) is 0 Å². The number of unbranched alkanes of at least 4 members (excludes halogenated alkanes) is 2. The minimum atomic E-state index is -0.243. The van der Waals surface area contributed by atoms with E-state index >= 15 is 0 Å². The lowest BCUT2D eigenvalue weighted by Gasteiger charge is -2.09. The smallest absolute Gasteiger partial charge is 0.263 e. The molecule has 184 valence electrons. The highest BCUT2D eigenvalue weighted by molar-refractivity contribution is 7.17. The first-order chi connectivity index (χ1) is 16.2. The van der Waals surface area contributed by atoms with Crippen molar-refractivity contribution in [3.63, 3.8) is 0 Å². The summed E-state index contributed by atoms with van der Waals surface area (Å²) in [5.74, 6) is -0.477. The molecule has 0 saturated heterocycles. The molecule has 0 atom stereocenters. The molecule has 2 rings (SSSR count). The summed E-state index contributed by atoms with van der Waals surface area (Å²) >= 11 is 1.16. The van der Waals surface area contributed by atoms with Crippen LogP contribution in [0.1, 0.15) is 53.5 Å². The van der Waals surface area contributed by atoms with Gasteiger partial charge in [0.25, 0.3) is 5.91 Å². The number of nitrogens with two attached hydrogens (primary N) is 1. The second kappa shape index (κ2) is 13.3. The zero-order chi connectivity index (χ0) is 25.1. The summed E-state index contributed by atoms with van der Waals surface area (Å²) in [6.07, 6.45) is 4.10. The molecule has 0 radical (unpaired) electrons. The second-order valence-corrected chi connectivity index (χ2v) is 9.07. The maximum absolute atomic E-state index is 12.8. The van der Waals surface area contributed by atoms with Crippen molar-refractivity contribution in [1.29, 1.82) is 5.41 Å². The molecule has 34 heavy (non-hydrogen) atoms. The number of amides is 3. The van der Waals surface area contributed by atoms with Gasteiger partial charge in [-0.3, -0.25) is 19.8 Å². The zero-order valence-corrected chi connectivity index (χ0v) is 20.7. The molecule has 0 saturated carbocycles. The Hall–Kier alpha value is -3.47. The first kappa shape index (κ1) is 26.8. The molecule has 11 heteroatoms. The van der Waals surface area contributed by atoms with E-state index in [1.165, 1.54) is 6.92 Å². The first-order valence-corrected chi connectivity index (χ1v) is 11.9. The molecular weight excluding hydrogens is 454 g/mol. The second-order valence-electron chi connectivity index (χ2n) is 8.07. The first-order valence-electron chi connectivity index (χ1n) is 11.1. The van der Waals surface area contributed by atoms with Crippen molar-refractivity contribution >= 4 is 45.8 Å². The lowest BCUT2D eigenvalue weighted by atomic mass is 10.1. The van der Waals surface area contributed by atoms with Crippen LogP contribution in [0, 0.1) is 5.41 Å². The Kier molecular flexibility index (Phi) is 10.5. The number of carbonyl (C=O) groups is 3. The van der Waals surface area contributed by atoms with Gasteiger partial charge in [-0.2, -0.15) is 0 Å². The Morgan fingerprint density at radius 2 is 1.76 bits per heavy atom. The maximum atomic E-state index is 12.8. The highest BCUT2D eigenvalue weighted by Gasteiger charge is 2.18. The lowest BCUT2D eigenvalue weighted by molar-refractivity contribution is -0.128. The van der Waals surface area contributed by atoms with Gasteiger partial charge in [0.15, 0.2) is 11.1 Å². The molecule has 6 N–H and O–H groups in total. The summed E-state index contributed by atoms with van der Waals surface area (Å²) in [6.45, 7) is 1.91. The van der Waals surface area contributed by atoms with Gasteiger partial charge in [-0.25, -0.2) is 4.98 Å². The molecule has 0 bridgehead atoms. The van der Waals surface area contributed by atoms with Crippen LogP contribution in [0.4, 0.5) is 10.8 Å². The Balaban J connectivity index is 1.94. The van der Waals surface area contributed by atoms with Gasteiger partial charge >= 0.3 is 0 Å². The van der Waals surface area contributed by atoms with Gasteiger partial charge in [-0.05, 0) is 43.4 Å². The predicted molar refractivity (Wildman–Crippen MR) is 135 cm³/mol. The monoisotopic (exact) mass is 487 g/mol. The molecule has 1 aromatic carbocycles. The van der Waals surface area contributed by atoms with Crippen LogP contribution in [0.25, 0.3) is 0 Å². The highest BCUT2D eigenvalue weighted by Crippen LogP contribution is 2.25. The average molecular weight is 488 g/mol. The van der Waals surface area contributed by atoms with Crippen molar-refractivity contribution in [1.82, 2.24) is 15.2 Å². The number of aryl methyl sites for hydroxylation is 2. The summed E-state index contributed by atoms with van der Waals surface area (Å²) < 4.78 is 0. The van der Waals surface area contributed by atoms with Crippen molar-refractivity contribution in [3.8, 4) is 0 Å². The van der Waals surface area contributed by atoms with E-state index < -0.39 is 0 Å². The third-order valence-corrected chi connectivity index (χ3v) is 5.93. The summed E-state index contributed by atoms with van der Waals surface area (Å²) in [5, 5.41) is 16.0. The SMILES string of the molecule is CC(=O)Nc1nc(CCc2ccc(NC(=N)N)cc2)c(C(=O)NCCCCCC(=O)N(C)C)s1. The summed E-state index contributed by atoms with van der Waals surface area (Å²) in [6, 6.07) is 7.51. The Bertz CT molecular complexity index is 1000. The molecule has 1 heterocycles. The van der Waals surface area contributed by atoms with Crippen LogP contribution in [-0.2, 0) is 22.4 Å². The maximum Gasteiger partial charge on any atom is 0.263 e. The van der Waals surface area contributed by atoms with E-state index in [1.807, 2.05) is 24.3 Å². The fraction of sp³-hybridized carbons (Fsp3) is 0.435. The van der Waals surface area contributed by atoms with Crippen LogP contribution >= 0.6 is 11.3 Å². The quantitative estimate of drug-likeness (QED) is 0.176. The Morgan fingerprint density at radius 1 is 1.06 bits per heavy atom. The molecule has 10 nitrogen and oxygen atoms in total. The Morgan fingerprint density at radius 3 is 2.38 bits per heavy atom. The number of hydrogen-bond donors (Lipinski definition) is 5. The fourth-order valence-electron chi connectivity index (χ4n) is 3.16. The average Bonchev–Trinajstić information content (AvgIpc) is 3.16. The standard InChI is InChI=1S/C23H33N7O3S/c1-15(31)27-23-29-18(13-10-16-8-11-17(12-9-16)28-22(24)25)20(34-23)21(33)26-14-6-4-5-7-19(32)30(2)3/h8-9,11-12H,4-7,10,13-14H2,1-3H3,(H,26,33)(H4,24,25,28)(H,27,29,31). The van der Waals surface area contributed by atoms with E-state index in [0.717, 1.165) is 41.9 Å². The molecule has 0 spiro atoms. The van der Waals surface area contributed by atoms with Gasteiger partial charge in [0.1, 0.15) is 4.88 Å². The summed E-state index contributed by atoms with van der Waals surface area (Å²) in [4.78, 5) is 42.4. The van der Waals surface area contributed by atoms with Gasteiger partial charge in [-0.15, -0.1) is 0 Å². The van der Waals surface area contributed by atoms with Crippen molar-refractivity contribution < 1.29 is 14.4 Å². The molecular formula is C23H33N7O3S. The number of nitrogens with zero attached hydrogens (tertiary/aromatic N) is 2. The van der Waals surface area contributed by atoms with Crippen molar-refractivity contribution in [3.05, 3.63) is 40.4 Å². The third-order valence-electron chi connectivity index (χ3n) is 4.92. The predicted octanol–water partition coefficient (Wildman–Crippen LogP) is 2.57. The molecule has 0 aliphatic carbocycles. The largest absolute Gasteiger partial charge is 0.370 e. The topological polar surface area (TPSA) is 153 Å². The highest BCUT2D eigenvalue weighted by atomic mass is 32.1. The minimum Gasteiger partial charge on any atom is -0.370 e. The summed E-state index contributed by atoms with van der Waals surface area (Å²) in [5.41, 5.74) is 7.74. The number of rotatable bonds is 12. The van der Waals surface area contributed by atoms with Crippen LogP contribution in [0.5, 0.6) is 0 Å². The normalized spacial score (nSPS) is 10.4. The van der Waals surface area contributed by atoms with Crippen LogP contribution in [0.3, 0.4) is 0 Å². The van der Waals surface area contributed by atoms with Crippen LogP contribution in [-0.4, -0.2) is 54.2 Å². The Labute approximate surface area is 203 Å². The molecule has 0 aliphatic heterocycles. The van der Waals surface area contributed by atoms with E-state index in [4.69, 9.17) is 11.1 Å². The van der Waals surface area contributed by atoms with Gasteiger partial charge < -0.3 is 26.6 Å². The third kappa shape index (κ3) is 9.18. The van der Waals surface area contributed by atoms with E-state index in [9.17, 15) is 14.4 Å². The van der Waals surface area contributed by atoms with E-state index in [2.05, 4.69) is 20.9 Å². The number of hydrogen-bond acceptors (Lipinski definition) is 6. The van der Waals surface area contributed by atoms with Crippen molar-refractivity contribution in [2.75, 3.05) is 31.3 Å². The number of thiazole rings is 1. The number of anilines is 2. The lowest BCUT2D eigenvalue weighted by Crippen LogP contribution is -2.25. The number of aromatic nitrogens is 1. The van der Waals surface area contributed by atoms with Gasteiger partial charge in [0.2, 0.25) is 11.8 Å². The van der Waals surface area contributed by atoms with E-state index in [1.54, 1.807) is 19.0 Å². The van der Waals surface area contributed by atoms with Gasteiger partial charge in [0, 0.05) is 39.7 Å². The van der Waals surface area contributed by atoms with E-state index in [0.29, 0.717) is 41.5 Å². The molecule has 2 aromatic rings. The van der Waals surface area contributed by atoms with Crippen LogP contribution in [0.15, 0.2) is 24.3 Å². The molecule has 0 aliphatic rings. The molecule has 1 aromatic heterocycles. The minimum absolute atomic E-state index is 0.105. The molecule has 3 amide bonds. The molecule has 0 fully saturated rings. The van der Waals surface area contributed by atoms with Crippen LogP contribution < -0.4 is 21.7 Å². The number of carbonyl (C=O) groups excluding carboxylic acids is 3.